The zero-order valence-corrected chi connectivity index (χ0v) is 10.1. The molecule has 0 aromatic carbocycles. The predicted molar refractivity (Wildman–Crippen MR) is 61.6 cm³/mol. The molecule has 0 amide bonds. The van der Waals surface area contributed by atoms with Crippen molar-refractivity contribution in [2.75, 3.05) is 6.61 Å². The van der Waals surface area contributed by atoms with Crippen LogP contribution in [0, 0.1) is 11.8 Å². The maximum absolute atomic E-state index is 10.6. The zero-order chi connectivity index (χ0) is 11.1. The maximum Gasteiger partial charge on any atom is 0.305 e. The Bertz CT molecular complexity index is 181. The molecule has 0 N–H and O–H groups in total. The van der Waals surface area contributed by atoms with E-state index in [1.54, 1.807) is 19.3 Å². The Morgan fingerprint density at radius 2 is 1.93 bits per heavy atom. The topological polar surface area (TPSA) is 26.3 Å². The molecule has 2 fully saturated rings. The summed E-state index contributed by atoms with van der Waals surface area (Å²) in [5.41, 5.74) is 0. The number of rotatable bonds is 4. The van der Waals surface area contributed by atoms with E-state index in [0.29, 0.717) is 13.0 Å². The Hall–Kier alpha value is -0.530. The van der Waals surface area contributed by atoms with E-state index in [1.807, 2.05) is 6.92 Å². The van der Waals surface area contributed by atoms with Gasteiger partial charge >= 0.3 is 5.97 Å². The molecule has 0 aromatic heterocycles. The summed E-state index contributed by atoms with van der Waals surface area (Å²) in [4.78, 5) is 10.6. The standard InChI is InChI=1S/C7H14O2.C6H10/c1-3-5-6-7(8)9-4-2;1-2-5-4-6(5)3-1/h3-6H2,1-2H3;5-6H,1-4H2. The van der Waals surface area contributed by atoms with E-state index in [1.165, 1.54) is 18.3 Å². The molecule has 0 radical (unpaired) electrons. The lowest BCUT2D eigenvalue weighted by atomic mass is 10.3. The molecule has 2 atom stereocenters. The van der Waals surface area contributed by atoms with Crippen molar-refractivity contribution in [2.24, 2.45) is 11.8 Å². The number of ether oxygens (including phenoxy) is 1. The molecule has 0 heterocycles. The monoisotopic (exact) mass is 212 g/mol. The van der Waals surface area contributed by atoms with E-state index < -0.39 is 0 Å². The van der Waals surface area contributed by atoms with Crippen LogP contribution < -0.4 is 0 Å². The second-order valence-corrected chi connectivity index (χ2v) is 4.60. The largest absolute Gasteiger partial charge is 0.466 e. The van der Waals surface area contributed by atoms with E-state index >= 15 is 0 Å². The molecule has 2 nitrogen and oxygen atoms in total. The van der Waals surface area contributed by atoms with Crippen LogP contribution in [0.2, 0.25) is 0 Å². The van der Waals surface area contributed by atoms with Gasteiger partial charge in [-0.1, -0.05) is 32.6 Å². The molecule has 2 saturated carbocycles. The van der Waals surface area contributed by atoms with Crippen molar-refractivity contribution in [1.29, 1.82) is 0 Å². The van der Waals surface area contributed by atoms with Crippen molar-refractivity contribution in [2.45, 2.75) is 58.8 Å². The second kappa shape index (κ2) is 6.86. The SMILES string of the molecule is C1CC2CC2C1.CCCCC(=O)OCC. The molecule has 2 unspecified atom stereocenters. The second-order valence-electron chi connectivity index (χ2n) is 4.60. The third kappa shape index (κ3) is 5.19. The quantitative estimate of drug-likeness (QED) is 0.666. The molecule has 88 valence electrons. The number of carbonyl (C=O) groups excluding carboxylic acids is 1. The summed E-state index contributed by atoms with van der Waals surface area (Å²) in [6.45, 7) is 4.38. The predicted octanol–water partition coefficient (Wildman–Crippen LogP) is 3.55. The van der Waals surface area contributed by atoms with Crippen LogP contribution in [0.5, 0.6) is 0 Å². The van der Waals surface area contributed by atoms with Gasteiger partial charge in [-0.2, -0.15) is 0 Å². The van der Waals surface area contributed by atoms with Gasteiger partial charge in [-0.15, -0.1) is 0 Å². The maximum atomic E-state index is 10.6. The molecule has 0 spiro atoms. The van der Waals surface area contributed by atoms with Crippen LogP contribution in [0.4, 0.5) is 0 Å². The molecule has 0 aromatic rings. The fraction of sp³-hybridized carbons (Fsp3) is 0.923. The van der Waals surface area contributed by atoms with Crippen LogP contribution in [0.15, 0.2) is 0 Å². The normalized spacial score (nSPS) is 26.3. The summed E-state index contributed by atoms with van der Waals surface area (Å²) in [5.74, 6) is 2.36. The van der Waals surface area contributed by atoms with Gasteiger partial charge in [0.25, 0.3) is 0 Å². The fourth-order valence-electron chi connectivity index (χ4n) is 2.21. The molecular weight excluding hydrogens is 188 g/mol. The van der Waals surface area contributed by atoms with Crippen molar-refractivity contribution in [1.82, 2.24) is 0 Å². The lowest BCUT2D eigenvalue weighted by Gasteiger charge is -1.97. The number of esters is 1. The number of hydrogen-bond acceptors (Lipinski definition) is 2. The Kier molecular flexibility index (Phi) is 5.74. The van der Waals surface area contributed by atoms with Gasteiger partial charge in [-0.25, -0.2) is 0 Å². The Morgan fingerprint density at radius 3 is 2.27 bits per heavy atom. The first-order valence-electron chi connectivity index (χ1n) is 6.43. The molecule has 2 aliphatic rings. The molecule has 0 saturated heterocycles. The van der Waals surface area contributed by atoms with Gasteiger partial charge in [-0.3, -0.25) is 4.79 Å². The van der Waals surface area contributed by atoms with Crippen LogP contribution in [-0.4, -0.2) is 12.6 Å². The average molecular weight is 212 g/mol. The third-order valence-electron chi connectivity index (χ3n) is 3.26. The molecule has 0 bridgehead atoms. The van der Waals surface area contributed by atoms with Crippen LogP contribution >= 0.6 is 0 Å². The number of unbranched alkanes of at least 4 members (excludes halogenated alkanes) is 1. The molecule has 2 rings (SSSR count). The smallest absolute Gasteiger partial charge is 0.305 e. The fourth-order valence-corrected chi connectivity index (χ4v) is 2.21. The Morgan fingerprint density at radius 1 is 1.27 bits per heavy atom. The molecule has 2 heteroatoms. The lowest BCUT2D eigenvalue weighted by molar-refractivity contribution is -0.143. The highest BCUT2D eigenvalue weighted by molar-refractivity contribution is 5.69. The third-order valence-corrected chi connectivity index (χ3v) is 3.26. The minimum absolute atomic E-state index is 0.0700. The van der Waals surface area contributed by atoms with E-state index in [0.717, 1.165) is 12.8 Å². The summed E-state index contributed by atoms with van der Waals surface area (Å²) in [6, 6.07) is 0. The van der Waals surface area contributed by atoms with Gasteiger partial charge in [0, 0.05) is 6.42 Å². The van der Waals surface area contributed by atoms with Crippen molar-refractivity contribution >= 4 is 5.97 Å². The number of hydrogen-bond donors (Lipinski definition) is 0. The first-order valence-corrected chi connectivity index (χ1v) is 6.43. The number of carbonyl (C=O) groups is 1. The molecular formula is C13H24O2. The minimum Gasteiger partial charge on any atom is -0.466 e. The van der Waals surface area contributed by atoms with Crippen LogP contribution in [0.25, 0.3) is 0 Å². The molecule has 2 aliphatic carbocycles. The molecule has 15 heavy (non-hydrogen) atoms. The van der Waals surface area contributed by atoms with Gasteiger partial charge in [0.05, 0.1) is 6.61 Å². The van der Waals surface area contributed by atoms with Gasteiger partial charge in [0.15, 0.2) is 0 Å². The van der Waals surface area contributed by atoms with Gasteiger partial charge in [0.1, 0.15) is 0 Å². The van der Waals surface area contributed by atoms with Crippen molar-refractivity contribution in [3.05, 3.63) is 0 Å². The average Bonchev–Trinajstić information content (AvgIpc) is 2.84. The number of fused-ring (bicyclic) bond motifs is 1. The Balaban J connectivity index is 0.000000158. The highest BCUT2D eigenvalue weighted by Gasteiger charge is 2.40. The van der Waals surface area contributed by atoms with Crippen molar-refractivity contribution < 1.29 is 9.53 Å². The first-order chi connectivity index (χ1) is 7.27. The van der Waals surface area contributed by atoms with Gasteiger partial charge in [-0.05, 0) is 31.6 Å². The first kappa shape index (κ1) is 12.5. The van der Waals surface area contributed by atoms with Gasteiger partial charge in [0.2, 0.25) is 0 Å². The zero-order valence-electron chi connectivity index (χ0n) is 10.1. The van der Waals surface area contributed by atoms with Gasteiger partial charge < -0.3 is 4.74 Å². The summed E-state index contributed by atoms with van der Waals surface area (Å²) < 4.78 is 4.70. The highest BCUT2D eigenvalue weighted by atomic mass is 16.5. The van der Waals surface area contributed by atoms with E-state index in [-0.39, 0.29) is 5.97 Å². The highest BCUT2D eigenvalue weighted by Crippen LogP contribution is 2.51. The van der Waals surface area contributed by atoms with Crippen LogP contribution in [0.1, 0.15) is 58.8 Å². The summed E-state index contributed by atoms with van der Waals surface area (Å²) >= 11 is 0. The summed E-state index contributed by atoms with van der Waals surface area (Å²) in [5, 5.41) is 0. The molecule has 0 aliphatic heterocycles. The van der Waals surface area contributed by atoms with Crippen LogP contribution in [0.3, 0.4) is 0 Å². The minimum atomic E-state index is -0.0700. The van der Waals surface area contributed by atoms with E-state index in [4.69, 9.17) is 4.74 Å². The summed E-state index contributed by atoms with van der Waals surface area (Å²) in [7, 11) is 0. The Labute approximate surface area is 93.4 Å². The van der Waals surface area contributed by atoms with Crippen molar-refractivity contribution in [3.63, 3.8) is 0 Å². The lowest BCUT2D eigenvalue weighted by Crippen LogP contribution is -2.02. The van der Waals surface area contributed by atoms with E-state index in [2.05, 4.69) is 6.92 Å². The summed E-state index contributed by atoms with van der Waals surface area (Å²) in [6.07, 6.45) is 8.81. The van der Waals surface area contributed by atoms with Crippen molar-refractivity contribution in [3.8, 4) is 0 Å². The van der Waals surface area contributed by atoms with E-state index in [9.17, 15) is 4.79 Å². The van der Waals surface area contributed by atoms with Crippen LogP contribution in [-0.2, 0) is 9.53 Å².